The molecule has 0 saturated heterocycles. The molecule has 2 aromatic heterocycles. The lowest BCUT2D eigenvalue weighted by Crippen LogP contribution is -2.25. The van der Waals surface area contributed by atoms with Gasteiger partial charge in [0.25, 0.3) is 15.9 Å². The summed E-state index contributed by atoms with van der Waals surface area (Å²) in [4.78, 5) is 22.8. The van der Waals surface area contributed by atoms with Crippen LogP contribution in [-0.2, 0) is 14.8 Å². The second-order valence-electron chi connectivity index (χ2n) is 9.07. The number of nitrogens with zero attached hydrogens (tertiary/aromatic N) is 3. The quantitative estimate of drug-likeness (QED) is 0.312. The van der Waals surface area contributed by atoms with E-state index in [0.717, 1.165) is 23.9 Å². The molecule has 0 saturated carbocycles. The molecule has 0 aliphatic carbocycles. The van der Waals surface area contributed by atoms with Gasteiger partial charge in [0.2, 0.25) is 5.88 Å². The topological polar surface area (TPSA) is 123 Å². The van der Waals surface area contributed by atoms with Crippen LogP contribution in [0, 0.1) is 0 Å². The zero-order valence-electron chi connectivity index (χ0n) is 21.0. The van der Waals surface area contributed by atoms with E-state index in [1.807, 2.05) is 37.2 Å². The first-order chi connectivity index (χ1) is 18.3. The van der Waals surface area contributed by atoms with Gasteiger partial charge in [-0.15, -0.1) is 0 Å². The van der Waals surface area contributed by atoms with Crippen LogP contribution >= 0.6 is 0 Å². The summed E-state index contributed by atoms with van der Waals surface area (Å²) in [5, 5.41) is 3.48. The van der Waals surface area contributed by atoms with Gasteiger partial charge in [-0.2, -0.15) is 0 Å². The number of anilines is 2. The molecule has 5 rings (SSSR count). The van der Waals surface area contributed by atoms with E-state index in [-0.39, 0.29) is 29.0 Å². The van der Waals surface area contributed by atoms with Crippen molar-refractivity contribution in [3.05, 3.63) is 67.0 Å². The smallest absolute Gasteiger partial charge is 0.262 e. The van der Waals surface area contributed by atoms with E-state index in [0.29, 0.717) is 29.1 Å². The molecule has 3 heterocycles. The Morgan fingerprint density at radius 1 is 1.05 bits per heavy atom. The number of benzene rings is 2. The molecule has 2 aromatic carbocycles. The zero-order valence-corrected chi connectivity index (χ0v) is 21.8. The molecule has 0 radical (unpaired) electrons. The minimum Gasteiger partial charge on any atom is -0.481 e. The van der Waals surface area contributed by atoms with Gasteiger partial charge < -0.3 is 19.7 Å². The summed E-state index contributed by atoms with van der Waals surface area (Å²) >= 11 is 0. The SMILES string of the molecule is CN(C)CCCOc1ncc(-c2ccc3ncc4c(c3c2)OCC(=O)N4)cc1NS(=O)(=O)c1ccccc1. The standard InChI is InChI=1S/C27H27N5O5S/c1-32(2)11-6-12-36-27-23(31-38(34,35)20-7-4-3-5-8-20)14-19(15-29-27)18-9-10-22-21(13-18)26-24(16-28-22)30-25(33)17-37-26/h3-5,7-10,13-16,31H,6,11-12,17H2,1-2H3,(H,30,33). The van der Waals surface area contributed by atoms with E-state index in [1.165, 1.54) is 12.1 Å². The third kappa shape index (κ3) is 5.53. The highest BCUT2D eigenvalue weighted by atomic mass is 32.2. The number of hydrogen-bond acceptors (Lipinski definition) is 8. The third-order valence-electron chi connectivity index (χ3n) is 5.91. The minimum atomic E-state index is -3.88. The maximum atomic E-state index is 13.1. The molecule has 0 bridgehead atoms. The molecule has 2 N–H and O–H groups in total. The molecule has 10 nitrogen and oxygen atoms in total. The molecule has 0 fully saturated rings. The number of nitrogens with one attached hydrogen (secondary N) is 2. The molecule has 11 heteroatoms. The Morgan fingerprint density at radius 2 is 1.87 bits per heavy atom. The summed E-state index contributed by atoms with van der Waals surface area (Å²) in [5.41, 5.74) is 2.85. The molecule has 0 unspecified atom stereocenters. The van der Waals surface area contributed by atoms with Crippen LogP contribution in [-0.4, -0.2) is 63.0 Å². The number of aromatic nitrogens is 2. The van der Waals surface area contributed by atoms with Crippen LogP contribution in [0.4, 0.5) is 11.4 Å². The van der Waals surface area contributed by atoms with Crippen molar-refractivity contribution in [2.45, 2.75) is 11.3 Å². The fourth-order valence-electron chi connectivity index (χ4n) is 4.07. The summed E-state index contributed by atoms with van der Waals surface area (Å²) in [6, 6.07) is 15.4. The lowest BCUT2D eigenvalue weighted by atomic mass is 10.0. The van der Waals surface area contributed by atoms with Crippen molar-refractivity contribution in [1.82, 2.24) is 14.9 Å². The number of amides is 1. The molecule has 1 aliphatic rings. The summed E-state index contributed by atoms with van der Waals surface area (Å²) in [6.07, 6.45) is 3.95. The van der Waals surface area contributed by atoms with E-state index in [1.54, 1.807) is 36.7 Å². The van der Waals surface area contributed by atoms with Gasteiger partial charge in [0, 0.05) is 23.7 Å². The molecule has 0 atom stereocenters. The maximum absolute atomic E-state index is 13.1. The average molecular weight is 534 g/mol. The average Bonchev–Trinajstić information content (AvgIpc) is 2.91. The number of carbonyl (C=O) groups is 1. The number of hydrogen-bond donors (Lipinski definition) is 2. The highest BCUT2D eigenvalue weighted by Crippen LogP contribution is 2.37. The van der Waals surface area contributed by atoms with Gasteiger partial charge in [0.05, 0.1) is 23.2 Å². The summed E-state index contributed by atoms with van der Waals surface area (Å²) < 4.78 is 40.5. The van der Waals surface area contributed by atoms with E-state index in [2.05, 4.69) is 20.0 Å². The number of sulfonamides is 1. The first kappa shape index (κ1) is 25.4. The fourth-order valence-corrected chi connectivity index (χ4v) is 5.14. The van der Waals surface area contributed by atoms with Gasteiger partial charge in [0.15, 0.2) is 12.4 Å². The molecule has 1 amide bonds. The minimum absolute atomic E-state index is 0.0802. The second kappa shape index (κ2) is 10.6. The number of pyridine rings is 2. The fraction of sp³-hybridized carbons (Fsp3) is 0.222. The summed E-state index contributed by atoms with van der Waals surface area (Å²) in [6.45, 7) is 1.12. The van der Waals surface area contributed by atoms with Crippen LogP contribution in [0.5, 0.6) is 11.6 Å². The van der Waals surface area contributed by atoms with Crippen LogP contribution < -0.4 is 19.5 Å². The zero-order chi connectivity index (χ0) is 26.7. The van der Waals surface area contributed by atoms with Crippen molar-refractivity contribution in [3.8, 4) is 22.8 Å². The van der Waals surface area contributed by atoms with Crippen molar-refractivity contribution < 1.29 is 22.7 Å². The highest BCUT2D eigenvalue weighted by Gasteiger charge is 2.21. The number of ether oxygens (including phenoxy) is 2. The van der Waals surface area contributed by atoms with Gasteiger partial charge in [0.1, 0.15) is 11.4 Å². The van der Waals surface area contributed by atoms with Crippen molar-refractivity contribution in [3.63, 3.8) is 0 Å². The number of fused-ring (bicyclic) bond motifs is 3. The Kier molecular flexibility index (Phi) is 7.12. The van der Waals surface area contributed by atoms with Crippen LogP contribution in [0.2, 0.25) is 0 Å². The summed E-state index contributed by atoms with van der Waals surface area (Å²) in [5.74, 6) is 0.490. The number of carbonyl (C=O) groups excluding carboxylic acids is 1. The Labute approximate surface area is 220 Å². The van der Waals surface area contributed by atoms with Crippen LogP contribution in [0.15, 0.2) is 71.9 Å². The Morgan fingerprint density at radius 3 is 2.66 bits per heavy atom. The van der Waals surface area contributed by atoms with Gasteiger partial charge in [-0.05, 0) is 56.4 Å². The predicted octanol–water partition coefficient (Wildman–Crippen LogP) is 3.76. The lowest BCUT2D eigenvalue weighted by Gasteiger charge is -2.19. The third-order valence-corrected chi connectivity index (χ3v) is 7.29. The largest absolute Gasteiger partial charge is 0.481 e. The first-order valence-corrected chi connectivity index (χ1v) is 13.5. The van der Waals surface area contributed by atoms with Crippen LogP contribution in [0.25, 0.3) is 22.0 Å². The van der Waals surface area contributed by atoms with E-state index >= 15 is 0 Å². The van der Waals surface area contributed by atoms with Gasteiger partial charge >= 0.3 is 0 Å². The second-order valence-corrected chi connectivity index (χ2v) is 10.8. The van der Waals surface area contributed by atoms with Crippen molar-refractivity contribution in [2.24, 2.45) is 0 Å². The van der Waals surface area contributed by atoms with E-state index in [4.69, 9.17) is 9.47 Å². The van der Waals surface area contributed by atoms with Gasteiger partial charge in [-0.3, -0.25) is 14.5 Å². The van der Waals surface area contributed by atoms with Crippen molar-refractivity contribution in [1.29, 1.82) is 0 Å². The maximum Gasteiger partial charge on any atom is 0.262 e. The van der Waals surface area contributed by atoms with Gasteiger partial charge in [-0.25, -0.2) is 13.4 Å². The normalized spacial score (nSPS) is 13.1. The summed E-state index contributed by atoms with van der Waals surface area (Å²) in [7, 11) is 0.0685. The molecular weight excluding hydrogens is 506 g/mol. The molecule has 0 spiro atoms. The first-order valence-electron chi connectivity index (χ1n) is 12.0. The van der Waals surface area contributed by atoms with Crippen molar-refractivity contribution >= 4 is 38.2 Å². The Hall–Kier alpha value is -4.22. The van der Waals surface area contributed by atoms with Crippen molar-refractivity contribution in [2.75, 3.05) is 43.9 Å². The Balaban J connectivity index is 1.52. The molecule has 196 valence electrons. The van der Waals surface area contributed by atoms with Crippen LogP contribution in [0.3, 0.4) is 0 Å². The highest BCUT2D eigenvalue weighted by molar-refractivity contribution is 7.92. The monoisotopic (exact) mass is 533 g/mol. The number of rotatable bonds is 9. The molecular formula is C27H27N5O5S. The van der Waals surface area contributed by atoms with Gasteiger partial charge in [-0.1, -0.05) is 24.3 Å². The predicted molar refractivity (Wildman–Crippen MR) is 145 cm³/mol. The van der Waals surface area contributed by atoms with E-state index < -0.39 is 10.0 Å². The molecule has 4 aromatic rings. The lowest BCUT2D eigenvalue weighted by molar-refractivity contribution is -0.118. The Bertz CT molecular complexity index is 1590. The molecule has 38 heavy (non-hydrogen) atoms. The van der Waals surface area contributed by atoms with Crippen LogP contribution in [0.1, 0.15) is 6.42 Å². The molecule has 1 aliphatic heterocycles. The van der Waals surface area contributed by atoms with E-state index in [9.17, 15) is 13.2 Å².